The Balaban J connectivity index is 0.00000132. The van der Waals surface area contributed by atoms with E-state index in [1.807, 2.05) is 30.6 Å². The fraction of sp³-hybridized carbons (Fsp3) is 0.438. The Morgan fingerprint density at radius 2 is 1.96 bits per heavy atom. The molecule has 1 aliphatic rings. The molecule has 1 aromatic heterocycles. The van der Waals surface area contributed by atoms with Gasteiger partial charge < -0.3 is 9.88 Å². The number of nitrogens with one attached hydrogen (secondary N) is 1. The van der Waals surface area contributed by atoms with Crippen LogP contribution < -0.4 is 5.32 Å². The molecule has 0 amide bonds. The third-order valence-corrected chi connectivity index (χ3v) is 4.84. The minimum atomic E-state index is 0. The minimum Gasteiger partial charge on any atom is -0.328 e. The molecule has 1 fully saturated rings. The van der Waals surface area contributed by atoms with E-state index in [-0.39, 0.29) is 24.8 Å². The quantitative estimate of drug-likeness (QED) is 0.752. The second kappa shape index (κ2) is 9.14. The number of nitrogens with zero attached hydrogens (tertiary/aromatic N) is 2. The Morgan fingerprint density at radius 3 is 2.61 bits per heavy atom. The van der Waals surface area contributed by atoms with Crippen molar-refractivity contribution in [3.05, 3.63) is 40.6 Å². The van der Waals surface area contributed by atoms with Gasteiger partial charge in [0.2, 0.25) is 0 Å². The summed E-state index contributed by atoms with van der Waals surface area (Å²) in [6, 6.07) is 6.60. The Morgan fingerprint density at radius 1 is 1.26 bits per heavy atom. The zero-order valence-corrected chi connectivity index (χ0v) is 16.0. The van der Waals surface area contributed by atoms with Crippen molar-refractivity contribution in [1.82, 2.24) is 14.9 Å². The lowest BCUT2D eigenvalue weighted by atomic mass is 9.97. The first-order chi connectivity index (χ1) is 10.2. The van der Waals surface area contributed by atoms with Crippen molar-refractivity contribution in [2.24, 2.45) is 0 Å². The SMILES string of the molecule is CC[C@@H]1C[C@H](n2ccnc2-c2c(Cl)cccc2Cl)CCN1.Cl.Cl. The zero-order chi connectivity index (χ0) is 14.8. The molecule has 1 aliphatic heterocycles. The van der Waals surface area contributed by atoms with E-state index in [1.54, 1.807) is 0 Å². The highest BCUT2D eigenvalue weighted by atomic mass is 35.5. The molecular formula is C16H21Cl4N3. The van der Waals surface area contributed by atoms with Gasteiger partial charge in [0.25, 0.3) is 0 Å². The van der Waals surface area contributed by atoms with Gasteiger partial charge in [0.05, 0.1) is 15.6 Å². The molecule has 2 aromatic rings. The molecular weight excluding hydrogens is 376 g/mol. The summed E-state index contributed by atoms with van der Waals surface area (Å²) < 4.78 is 2.23. The molecule has 1 aromatic carbocycles. The summed E-state index contributed by atoms with van der Waals surface area (Å²) in [7, 11) is 0. The van der Waals surface area contributed by atoms with E-state index in [0.29, 0.717) is 22.1 Å². The van der Waals surface area contributed by atoms with Crippen LogP contribution >= 0.6 is 48.0 Å². The van der Waals surface area contributed by atoms with Crippen LogP contribution in [0, 0.1) is 0 Å². The van der Waals surface area contributed by atoms with Gasteiger partial charge in [-0.05, 0) is 37.9 Å². The lowest BCUT2D eigenvalue weighted by Crippen LogP contribution is -2.38. The zero-order valence-electron chi connectivity index (χ0n) is 12.8. The van der Waals surface area contributed by atoms with Gasteiger partial charge in [-0.1, -0.05) is 36.2 Å². The summed E-state index contributed by atoms with van der Waals surface area (Å²) in [5.41, 5.74) is 0.831. The van der Waals surface area contributed by atoms with Crippen LogP contribution in [0.3, 0.4) is 0 Å². The Bertz CT molecular complexity index is 609. The van der Waals surface area contributed by atoms with Crippen molar-refractivity contribution in [2.75, 3.05) is 6.54 Å². The van der Waals surface area contributed by atoms with E-state index in [1.165, 1.54) is 0 Å². The molecule has 1 saturated heterocycles. The lowest BCUT2D eigenvalue weighted by Gasteiger charge is -2.31. The maximum absolute atomic E-state index is 6.34. The molecule has 128 valence electrons. The highest BCUT2D eigenvalue weighted by Crippen LogP contribution is 2.36. The van der Waals surface area contributed by atoms with E-state index in [2.05, 4.69) is 21.8 Å². The normalized spacial score (nSPS) is 20.5. The fourth-order valence-electron chi connectivity index (χ4n) is 3.06. The predicted octanol–water partition coefficient (Wildman–Crippen LogP) is 5.40. The molecule has 2 heterocycles. The van der Waals surface area contributed by atoms with E-state index >= 15 is 0 Å². The third-order valence-electron chi connectivity index (χ3n) is 4.21. The average molecular weight is 397 g/mol. The first-order valence-electron chi connectivity index (χ1n) is 7.41. The number of rotatable bonds is 3. The maximum Gasteiger partial charge on any atom is 0.143 e. The molecule has 0 spiro atoms. The standard InChI is InChI=1S/C16H19Cl2N3.2ClH/c1-2-11-10-12(6-7-19-11)21-9-8-20-16(21)15-13(17)4-3-5-14(15)18;;/h3-5,8-9,11-12,19H,2,6-7,10H2,1H3;2*1H/t11-,12-;;/m1../s1. The van der Waals surface area contributed by atoms with Crippen LogP contribution in [0.15, 0.2) is 30.6 Å². The number of benzene rings is 1. The summed E-state index contributed by atoms with van der Waals surface area (Å²) >= 11 is 12.7. The molecule has 3 nitrogen and oxygen atoms in total. The van der Waals surface area contributed by atoms with Crippen LogP contribution in [0.25, 0.3) is 11.4 Å². The molecule has 7 heteroatoms. The predicted molar refractivity (Wildman–Crippen MR) is 103 cm³/mol. The molecule has 23 heavy (non-hydrogen) atoms. The maximum atomic E-state index is 6.34. The van der Waals surface area contributed by atoms with Crippen molar-refractivity contribution in [1.29, 1.82) is 0 Å². The second-order valence-electron chi connectivity index (χ2n) is 5.49. The molecule has 0 bridgehead atoms. The largest absolute Gasteiger partial charge is 0.328 e. The van der Waals surface area contributed by atoms with Gasteiger partial charge >= 0.3 is 0 Å². The Hall–Kier alpha value is -0.450. The first kappa shape index (κ1) is 20.6. The first-order valence-corrected chi connectivity index (χ1v) is 8.17. The molecule has 0 unspecified atom stereocenters. The molecule has 2 atom stereocenters. The second-order valence-corrected chi connectivity index (χ2v) is 6.31. The van der Waals surface area contributed by atoms with Crippen LogP contribution in [-0.4, -0.2) is 22.1 Å². The van der Waals surface area contributed by atoms with Crippen molar-refractivity contribution in [3.63, 3.8) is 0 Å². The van der Waals surface area contributed by atoms with Crippen LogP contribution in [0.4, 0.5) is 0 Å². The smallest absolute Gasteiger partial charge is 0.143 e. The van der Waals surface area contributed by atoms with Gasteiger partial charge in [-0.3, -0.25) is 0 Å². The van der Waals surface area contributed by atoms with Gasteiger partial charge in [0, 0.05) is 24.5 Å². The van der Waals surface area contributed by atoms with Crippen LogP contribution in [0.1, 0.15) is 32.2 Å². The minimum absolute atomic E-state index is 0. The molecule has 3 rings (SSSR count). The summed E-state index contributed by atoms with van der Waals surface area (Å²) in [4.78, 5) is 4.51. The molecule has 0 radical (unpaired) electrons. The van der Waals surface area contributed by atoms with Crippen LogP contribution in [0.5, 0.6) is 0 Å². The third kappa shape index (κ3) is 4.34. The van der Waals surface area contributed by atoms with Gasteiger partial charge in [-0.2, -0.15) is 0 Å². The van der Waals surface area contributed by atoms with E-state index < -0.39 is 0 Å². The van der Waals surface area contributed by atoms with E-state index in [4.69, 9.17) is 23.2 Å². The molecule has 0 aliphatic carbocycles. The van der Waals surface area contributed by atoms with Gasteiger partial charge in [0.1, 0.15) is 5.82 Å². The summed E-state index contributed by atoms with van der Waals surface area (Å²) in [6.07, 6.45) is 7.23. The number of piperidine rings is 1. The number of hydrogen-bond acceptors (Lipinski definition) is 2. The monoisotopic (exact) mass is 395 g/mol. The lowest BCUT2D eigenvalue weighted by molar-refractivity contribution is 0.297. The topological polar surface area (TPSA) is 29.9 Å². The van der Waals surface area contributed by atoms with Crippen LogP contribution in [0.2, 0.25) is 10.0 Å². The summed E-state index contributed by atoms with van der Waals surface area (Å²) in [5.74, 6) is 0.868. The van der Waals surface area contributed by atoms with Crippen LogP contribution in [-0.2, 0) is 0 Å². The number of halogens is 4. The number of aromatic nitrogens is 2. The van der Waals surface area contributed by atoms with Gasteiger partial charge in [-0.15, -0.1) is 24.8 Å². The molecule has 0 saturated carbocycles. The van der Waals surface area contributed by atoms with E-state index in [0.717, 1.165) is 37.2 Å². The van der Waals surface area contributed by atoms with Crippen molar-refractivity contribution < 1.29 is 0 Å². The number of imidazole rings is 1. The summed E-state index contributed by atoms with van der Waals surface area (Å²) in [5, 5.41) is 4.85. The van der Waals surface area contributed by atoms with E-state index in [9.17, 15) is 0 Å². The van der Waals surface area contributed by atoms with Gasteiger partial charge in [-0.25, -0.2) is 4.98 Å². The highest BCUT2D eigenvalue weighted by molar-refractivity contribution is 6.39. The Labute approximate surface area is 159 Å². The molecule has 1 N–H and O–H groups in total. The van der Waals surface area contributed by atoms with Gasteiger partial charge in [0.15, 0.2) is 0 Å². The van der Waals surface area contributed by atoms with Crippen molar-refractivity contribution >= 4 is 48.0 Å². The van der Waals surface area contributed by atoms with Crippen molar-refractivity contribution in [3.8, 4) is 11.4 Å². The Kier molecular flexibility index (Phi) is 8.19. The van der Waals surface area contributed by atoms with Crippen molar-refractivity contribution in [2.45, 2.75) is 38.3 Å². The highest BCUT2D eigenvalue weighted by Gasteiger charge is 2.24. The average Bonchev–Trinajstić information content (AvgIpc) is 2.96. The fourth-order valence-corrected chi connectivity index (χ4v) is 3.63. The summed E-state index contributed by atoms with van der Waals surface area (Å²) in [6.45, 7) is 3.26. The number of hydrogen-bond donors (Lipinski definition) is 1.